The topological polar surface area (TPSA) is 100 Å². The Balaban J connectivity index is 1.77. The Kier molecular flexibility index (Phi) is 7.44. The van der Waals surface area contributed by atoms with Gasteiger partial charge in [0.25, 0.3) is 11.8 Å². The minimum absolute atomic E-state index is 0.103. The number of carbonyl (C=O) groups excluding carboxylic acids is 3. The lowest BCUT2D eigenvalue weighted by Gasteiger charge is -2.24. The predicted octanol–water partition coefficient (Wildman–Crippen LogP) is 4.62. The Hall–Kier alpha value is -3.87. The predicted molar refractivity (Wildman–Crippen MR) is 124 cm³/mol. The summed E-state index contributed by atoms with van der Waals surface area (Å²) in [4.78, 5) is 38.4. The molecule has 0 saturated carbocycles. The molecule has 0 aliphatic rings. The van der Waals surface area contributed by atoms with Crippen LogP contribution in [0.15, 0.2) is 71.3 Å². The van der Waals surface area contributed by atoms with E-state index >= 15 is 0 Å². The van der Waals surface area contributed by atoms with E-state index in [9.17, 15) is 14.4 Å². The van der Waals surface area contributed by atoms with Crippen molar-refractivity contribution in [2.24, 2.45) is 5.92 Å². The summed E-state index contributed by atoms with van der Waals surface area (Å²) in [6, 6.07) is 16.5. The molecule has 7 nitrogen and oxygen atoms in total. The zero-order valence-corrected chi connectivity index (χ0v) is 18.3. The third kappa shape index (κ3) is 5.63. The van der Waals surface area contributed by atoms with Gasteiger partial charge in [0.2, 0.25) is 5.91 Å². The Morgan fingerprint density at radius 1 is 0.906 bits per heavy atom. The van der Waals surface area contributed by atoms with Crippen molar-refractivity contribution in [2.75, 3.05) is 10.6 Å². The molecule has 0 aliphatic carbocycles. The first-order valence-electron chi connectivity index (χ1n) is 10.5. The number of amides is 3. The van der Waals surface area contributed by atoms with Crippen LogP contribution >= 0.6 is 0 Å². The SMILES string of the molecule is CC[C@@H](C)[C@H](NC(=O)c1ccccc1NC(=O)c1ccco1)C(=O)Nc1ccc(C)cc1. The van der Waals surface area contributed by atoms with E-state index in [0.29, 0.717) is 17.8 Å². The van der Waals surface area contributed by atoms with E-state index in [1.54, 1.807) is 30.3 Å². The molecule has 3 N–H and O–H groups in total. The number of carbonyl (C=O) groups is 3. The molecule has 0 saturated heterocycles. The molecule has 2 aromatic carbocycles. The van der Waals surface area contributed by atoms with Crippen molar-refractivity contribution in [2.45, 2.75) is 33.2 Å². The highest BCUT2D eigenvalue weighted by atomic mass is 16.3. The summed E-state index contributed by atoms with van der Waals surface area (Å²) in [6.07, 6.45) is 2.10. The summed E-state index contributed by atoms with van der Waals surface area (Å²) in [5.74, 6) is -1.19. The Labute approximate surface area is 187 Å². The second-order valence-corrected chi connectivity index (χ2v) is 7.67. The Morgan fingerprint density at radius 2 is 1.62 bits per heavy atom. The van der Waals surface area contributed by atoms with Crippen molar-refractivity contribution in [1.82, 2.24) is 5.32 Å². The van der Waals surface area contributed by atoms with Crippen LogP contribution in [0.3, 0.4) is 0 Å². The fourth-order valence-electron chi connectivity index (χ4n) is 3.16. The highest BCUT2D eigenvalue weighted by molar-refractivity contribution is 6.09. The smallest absolute Gasteiger partial charge is 0.291 e. The second-order valence-electron chi connectivity index (χ2n) is 7.67. The highest BCUT2D eigenvalue weighted by Gasteiger charge is 2.27. The third-order valence-electron chi connectivity index (χ3n) is 5.27. The summed E-state index contributed by atoms with van der Waals surface area (Å²) in [7, 11) is 0. The van der Waals surface area contributed by atoms with Gasteiger partial charge in [-0.15, -0.1) is 0 Å². The molecule has 0 radical (unpaired) electrons. The lowest BCUT2D eigenvalue weighted by molar-refractivity contribution is -0.119. The standard InChI is InChI=1S/C25H27N3O4/c1-4-17(3)22(25(31)26-18-13-11-16(2)12-14-18)28-23(29)19-8-5-6-9-20(19)27-24(30)21-10-7-15-32-21/h5-15,17,22H,4H2,1-3H3,(H,26,31)(H,27,30)(H,28,29)/t17-,22+/m1/s1. The molecule has 7 heteroatoms. The highest BCUT2D eigenvalue weighted by Crippen LogP contribution is 2.19. The van der Waals surface area contributed by atoms with E-state index in [-0.39, 0.29) is 23.1 Å². The van der Waals surface area contributed by atoms with Crippen LogP contribution in [0.4, 0.5) is 11.4 Å². The molecule has 2 atom stereocenters. The number of rotatable bonds is 8. The van der Waals surface area contributed by atoms with Crippen LogP contribution in [0.1, 0.15) is 46.7 Å². The number of hydrogen-bond donors (Lipinski definition) is 3. The minimum Gasteiger partial charge on any atom is -0.459 e. The second kappa shape index (κ2) is 10.4. The average Bonchev–Trinajstić information content (AvgIpc) is 3.34. The molecular formula is C25H27N3O4. The fraction of sp³-hybridized carbons (Fsp3) is 0.240. The van der Waals surface area contributed by atoms with Gasteiger partial charge in [-0.2, -0.15) is 0 Å². The molecule has 0 aliphatic heterocycles. The summed E-state index contributed by atoms with van der Waals surface area (Å²) in [5, 5.41) is 8.40. The van der Waals surface area contributed by atoms with Crippen LogP contribution in [0, 0.1) is 12.8 Å². The van der Waals surface area contributed by atoms with Gasteiger partial charge in [0, 0.05) is 5.69 Å². The van der Waals surface area contributed by atoms with Crippen molar-refractivity contribution < 1.29 is 18.8 Å². The number of benzene rings is 2. The van der Waals surface area contributed by atoms with Crippen LogP contribution in [0.2, 0.25) is 0 Å². The van der Waals surface area contributed by atoms with E-state index in [4.69, 9.17) is 4.42 Å². The third-order valence-corrected chi connectivity index (χ3v) is 5.27. The number of nitrogens with one attached hydrogen (secondary N) is 3. The summed E-state index contributed by atoms with van der Waals surface area (Å²) < 4.78 is 5.11. The first-order chi connectivity index (χ1) is 15.4. The maximum atomic E-state index is 13.1. The van der Waals surface area contributed by atoms with E-state index in [1.165, 1.54) is 12.3 Å². The van der Waals surface area contributed by atoms with Gasteiger partial charge >= 0.3 is 0 Å². The molecule has 3 amide bonds. The van der Waals surface area contributed by atoms with Crippen molar-refractivity contribution >= 4 is 29.1 Å². The first-order valence-corrected chi connectivity index (χ1v) is 10.5. The molecular weight excluding hydrogens is 406 g/mol. The monoisotopic (exact) mass is 433 g/mol. The normalized spacial score (nSPS) is 12.5. The first kappa shape index (κ1) is 22.8. The van der Waals surface area contributed by atoms with Crippen LogP contribution in [0.5, 0.6) is 0 Å². The van der Waals surface area contributed by atoms with Crippen molar-refractivity contribution in [3.05, 3.63) is 83.8 Å². The summed E-state index contributed by atoms with van der Waals surface area (Å²) in [5.41, 5.74) is 2.33. The molecule has 0 fully saturated rings. The number of para-hydroxylation sites is 1. The molecule has 166 valence electrons. The van der Waals surface area contributed by atoms with Gasteiger partial charge in [0.05, 0.1) is 17.5 Å². The number of anilines is 2. The van der Waals surface area contributed by atoms with Gasteiger partial charge in [0.1, 0.15) is 6.04 Å². The zero-order valence-electron chi connectivity index (χ0n) is 18.3. The maximum Gasteiger partial charge on any atom is 0.291 e. The number of furan rings is 1. The van der Waals surface area contributed by atoms with Gasteiger partial charge in [-0.3, -0.25) is 14.4 Å². The molecule has 1 heterocycles. The van der Waals surface area contributed by atoms with Crippen LogP contribution in [-0.4, -0.2) is 23.8 Å². The number of aryl methyl sites for hydroxylation is 1. The van der Waals surface area contributed by atoms with E-state index in [0.717, 1.165) is 5.56 Å². The largest absolute Gasteiger partial charge is 0.459 e. The average molecular weight is 434 g/mol. The van der Waals surface area contributed by atoms with Crippen LogP contribution in [-0.2, 0) is 4.79 Å². The molecule has 0 spiro atoms. The van der Waals surface area contributed by atoms with Gasteiger partial charge in [-0.05, 0) is 49.2 Å². The van der Waals surface area contributed by atoms with E-state index in [1.807, 2.05) is 45.0 Å². The molecule has 32 heavy (non-hydrogen) atoms. The molecule has 3 rings (SSSR count). The van der Waals surface area contributed by atoms with Crippen LogP contribution in [0.25, 0.3) is 0 Å². The van der Waals surface area contributed by atoms with Gasteiger partial charge in [0.15, 0.2) is 5.76 Å². The van der Waals surface area contributed by atoms with E-state index in [2.05, 4.69) is 16.0 Å². The quantitative estimate of drug-likeness (QED) is 0.482. The van der Waals surface area contributed by atoms with E-state index < -0.39 is 17.9 Å². The van der Waals surface area contributed by atoms with Gasteiger partial charge in [-0.25, -0.2) is 0 Å². The Morgan fingerprint density at radius 3 is 2.28 bits per heavy atom. The lowest BCUT2D eigenvalue weighted by atomic mass is 9.97. The van der Waals surface area contributed by atoms with Gasteiger partial charge in [-0.1, -0.05) is 50.1 Å². The maximum absolute atomic E-state index is 13.1. The van der Waals surface area contributed by atoms with Crippen molar-refractivity contribution in [3.8, 4) is 0 Å². The zero-order chi connectivity index (χ0) is 23.1. The lowest BCUT2D eigenvalue weighted by Crippen LogP contribution is -2.47. The molecule has 3 aromatic rings. The fourth-order valence-corrected chi connectivity index (χ4v) is 3.16. The number of hydrogen-bond acceptors (Lipinski definition) is 4. The minimum atomic E-state index is -0.748. The summed E-state index contributed by atoms with van der Waals surface area (Å²) in [6.45, 7) is 5.83. The van der Waals surface area contributed by atoms with Gasteiger partial charge < -0.3 is 20.4 Å². The summed E-state index contributed by atoms with van der Waals surface area (Å²) >= 11 is 0. The van der Waals surface area contributed by atoms with Crippen molar-refractivity contribution in [1.29, 1.82) is 0 Å². The molecule has 0 bridgehead atoms. The Bertz CT molecular complexity index is 1070. The van der Waals surface area contributed by atoms with Crippen molar-refractivity contribution in [3.63, 3.8) is 0 Å². The van der Waals surface area contributed by atoms with Crippen LogP contribution < -0.4 is 16.0 Å². The molecule has 1 aromatic heterocycles. The molecule has 0 unspecified atom stereocenters.